The van der Waals surface area contributed by atoms with Crippen molar-refractivity contribution in [3.05, 3.63) is 29.3 Å². The summed E-state index contributed by atoms with van der Waals surface area (Å²) in [4.78, 5) is 46.1. The Morgan fingerprint density at radius 2 is 1.96 bits per heavy atom. The zero-order valence-corrected chi connectivity index (χ0v) is 16.8. The van der Waals surface area contributed by atoms with Crippen LogP contribution in [-0.2, 0) is 14.4 Å². The molecule has 8 heteroatoms. The van der Waals surface area contributed by atoms with Gasteiger partial charge in [-0.2, -0.15) is 0 Å². The molecule has 1 fully saturated rings. The number of amides is 2. The molecule has 0 saturated carbocycles. The zero-order valence-electron chi connectivity index (χ0n) is 16.8. The molecule has 1 aromatic carbocycles. The molecule has 1 aliphatic rings. The molecule has 2 rings (SSSR count). The number of benzene rings is 1. The first-order chi connectivity index (χ1) is 13.5. The molecule has 0 aliphatic carbocycles. The Morgan fingerprint density at radius 1 is 1.29 bits per heavy atom. The van der Waals surface area contributed by atoms with Gasteiger partial charge in [-0.3, -0.25) is 14.4 Å². The summed E-state index contributed by atoms with van der Waals surface area (Å²) in [5.74, 6) is -0.253. The lowest BCUT2D eigenvalue weighted by atomic mass is 10.1. The van der Waals surface area contributed by atoms with Crippen molar-refractivity contribution in [1.29, 1.82) is 0 Å². The molecular weight excluding hydrogens is 360 g/mol. The Labute approximate surface area is 166 Å². The summed E-state index contributed by atoms with van der Waals surface area (Å²) < 4.78 is 0. The fraction of sp³-hybridized carbons (Fsp3) is 0.500. The SMILES string of the molecule is CNC(=O)C(CCC=O)N(C)C=O.Cc1ccc(N2CCNCC2)cc1C=O. The van der Waals surface area contributed by atoms with Crippen LogP contribution in [0.3, 0.4) is 0 Å². The largest absolute Gasteiger partial charge is 0.369 e. The van der Waals surface area contributed by atoms with Crippen LogP contribution in [0.4, 0.5) is 5.69 Å². The molecule has 1 unspecified atom stereocenters. The predicted octanol–water partition coefficient (Wildman–Crippen LogP) is 0.385. The molecule has 8 nitrogen and oxygen atoms in total. The summed E-state index contributed by atoms with van der Waals surface area (Å²) >= 11 is 0. The Bertz CT molecular complexity index is 660. The van der Waals surface area contributed by atoms with E-state index in [4.69, 9.17) is 0 Å². The standard InChI is InChI=1S/C12H16N2O.C8H14N2O3/c1-10-2-3-12(8-11(10)9-15)14-6-4-13-5-7-14;1-9-8(13)7(4-3-5-11)10(2)6-12/h2-3,8-9,13H,4-7H2,1H3;5-7H,3-4H2,1-2H3,(H,9,13). The zero-order chi connectivity index (χ0) is 20.9. The summed E-state index contributed by atoms with van der Waals surface area (Å²) in [6.45, 7) is 6.03. The smallest absolute Gasteiger partial charge is 0.242 e. The van der Waals surface area contributed by atoms with Crippen molar-refractivity contribution in [1.82, 2.24) is 15.5 Å². The average Bonchev–Trinajstić information content (AvgIpc) is 2.74. The summed E-state index contributed by atoms with van der Waals surface area (Å²) in [6.07, 6.45) is 2.87. The van der Waals surface area contributed by atoms with Crippen molar-refractivity contribution in [2.75, 3.05) is 45.2 Å². The van der Waals surface area contributed by atoms with Crippen molar-refractivity contribution in [3.8, 4) is 0 Å². The molecule has 1 aliphatic heterocycles. The second kappa shape index (κ2) is 12.6. The van der Waals surface area contributed by atoms with Gasteiger partial charge in [0.2, 0.25) is 12.3 Å². The minimum absolute atomic E-state index is 0.253. The Hall–Kier alpha value is -2.74. The van der Waals surface area contributed by atoms with Crippen molar-refractivity contribution in [2.45, 2.75) is 25.8 Å². The van der Waals surface area contributed by atoms with Crippen molar-refractivity contribution >= 4 is 30.6 Å². The topological polar surface area (TPSA) is 98.8 Å². The fourth-order valence-electron chi connectivity index (χ4n) is 2.86. The minimum atomic E-state index is -0.548. The first-order valence-electron chi connectivity index (χ1n) is 9.32. The fourth-order valence-corrected chi connectivity index (χ4v) is 2.86. The van der Waals surface area contributed by atoms with E-state index in [1.807, 2.05) is 19.1 Å². The summed E-state index contributed by atoms with van der Waals surface area (Å²) in [7, 11) is 3.01. The van der Waals surface area contributed by atoms with E-state index < -0.39 is 6.04 Å². The van der Waals surface area contributed by atoms with Crippen molar-refractivity contribution in [2.24, 2.45) is 0 Å². The number of anilines is 1. The number of carbonyl (C=O) groups excluding carboxylic acids is 4. The number of carbonyl (C=O) groups is 4. The molecular formula is C20H30N4O4. The number of aldehydes is 2. The molecule has 1 saturated heterocycles. The third-order valence-electron chi connectivity index (χ3n) is 4.64. The molecule has 2 amide bonds. The number of aryl methyl sites for hydroxylation is 1. The van der Waals surface area contributed by atoms with E-state index in [0.717, 1.165) is 55.6 Å². The lowest BCUT2D eigenvalue weighted by molar-refractivity contribution is -0.131. The van der Waals surface area contributed by atoms with E-state index >= 15 is 0 Å². The van der Waals surface area contributed by atoms with Gasteiger partial charge in [-0.25, -0.2) is 0 Å². The molecule has 0 bridgehead atoms. The van der Waals surface area contributed by atoms with Crippen LogP contribution in [0, 0.1) is 6.92 Å². The lowest BCUT2D eigenvalue weighted by Gasteiger charge is -2.29. The van der Waals surface area contributed by atoms with E-state index in [9.17, 15) is 19.2 Å². The normalized spacial score (nSPS) is 14.2. The number of nitrogens with one attached hydrogen (secondary N) is 2. The molecule has 1 atom stereocenters. The molecule has 2 N–H and O–H groups in total. The van der Waals surface area contributed by atoms with Crippen molar-refractivity contribution in [3.63, 3.8) is 0 Å². The molecule has 154 valence electrons. The van der Waals surface area contributed by atoms with Gasteiger partial charge in [0.05, 0.1) is 0 Å². The highest BCUT2D eigenvalue weighted by atomic mass is 16.2. The first-order valence-corrected chi connectivity index (χ1v) is 9.32. The lowest BCUT2D eigenvalue weighted by Crippen LogP contribution is -2.43. The number of piperazine rings is 1. The van der Waals surface area contributed by atoms with Gasteiger partial charge < -0.3 is 25.2 Å². The third-order valence-corrected chi connectivity index (χ3v) is 4.64. The van der Waals surface area contributed by atoms with Gasteiger partial charge in [0.15, 0.2) is 0 Å². The van der Waals surface area contributed by atoms with Crippen LogP contribution in [0.2, 0.25) is 0 Å². The minimum Gasteiger partial charge on any atom is -0.369 e. The van der Waals surface area contributed by atoms with E-state index in [1.165, 1.54) is 19.0 Å². The van der Waals surface area contributed by atoms with Crippen LogP contribution >= 0.6 is 0 Å². The van der Waals surface area contributed by atoms with Crippen LogP contribution in [0.25, 0.3) is 0 Å². The predicted molar refractivity (Wildman–Crippen MR) is 109 cm³/mol. The van der Waals surface area contributed by atoms with E-state index in [2.05, 4.69) is 21.6 Å². The maximum atomic E-state index is 11.2. The maximum absolute atomic E-state index is 11.2. The monoisotopic (exact) mass is 390 g/mol. The number of nitrogens with zero attached hydrogens (tertiary/aromatic N) is 2. The molecule has 28 heavy (non-hydrogen) atoms. The van der Waals surface area contributed by atoms with E-state index in [1.54, 1.807) is 0 Å². The van der Waals surface area contributed by atoms with Gasteiger partial charge in [-0.15, -0.1) is 0 Å². The van der Waals surface area contributed by atoms with E-state index in [-0.39, 0.29) is 12.3 Å². The number of hydrogen-bond acceptors (Lipinski definition) is 6. The van der Waals surface area contributed by atoms with Gasteiger partial charge >= 0.3 is 0 Å². The van der Waals surface area contributed by atoms with Gasteiger partial charge in [0, 0.05) is 57.9 Å². The third kappa shape index (κ3) is 7.11. The number of likely N-dealkylation sites (N-methyl/N-ethyl adjacent to an activating group) is 2. The Morgan fingerprint density at radius 3 is 2.50 bits per heavy atom. The van der Waals surface area contributed by atoms with Gasteiger partial charge in [0.25, 0.3) is 0 Å². The summed E-state index contributed by atoms with van der Waals surface area (Å²) in [5.41, 5.74) is 3.00. The molecule has 1 heterocycles. The number of rotatable bonds is 8. The van der Waals surface area contributed by atoms with Gasteiger partial charge in [-0.1, -0.05) is 6.07 Å². The summed E-state index contributed by atoms with van der Waals surface area (Å²) in [6, 6.07) is 5.54. The quantitative estimate of drug-likeness (QED) is 0.623. The molecule has 1 aromatic rings. The highest BCUT2D eigenvalue weighted by Crippen LogP contribution is 2.18. The van der Waals surface area contributed by atoms with Crippen LogP contribution in [0.1, 0.15) is 28.8 Å². The Kier molecular flexibility index (Phi) is 10.5. The molecule has 0 aromatic heterocycles. The average molecular weight is 390 g/mol. The van der Waals surface area contributed by atoms with Crippen LogP contribution < -0.4 is 15.5 Å². The highest BCUT2D eigenvalue weighted by Gasteiger charge is 2.20. The van der Waals surface area contributed by atoms with E-state index in [0.29, 0.717) is 12.8 Å². The second-order valence-corrected chi connectivity index (χ2v) is 6.54. The first kappa shape index (κ1) is 23.3. The summed E-state index contributed by atoms with van der Waals surface area (Å²) in [5, 5.41) is 5.75. The van der Waals surface area contributed by atoms with Gasteiger partial charge in [-0.05, 0) is 31.0 Å². The Balaban J connectivity index is 0.000000284. The molecule has 0 radical (unpaired) electrons. The van der Waals surface area contributed by atoms with Crippen LogP contribution in [-0.4, -0.2) is 76.1 Å². The second-order valence-electron chi connectivity index (χ2n) is 6.54. The molecule has 0 spiro atoms. The van der Waals surface area contributed by atoms with Crippen molar-refractivity contribution < 1.29 is 19.2 Å². The highest BCUT2D eigenvalue weighted by molar-refractivity contribution is 5.83. The van der Waals surface area contributed by atoms with Gasteiger partial charge in [0.1, 0.15) is 18.6 Å². The van der Waals surface area contributed by atoms with Crippen LogP contribution in [0.5, 0.6) is 0 Å². The van der Waals surface area contributed by atoms with Crippen LogP contribution in [0.15, 0.2) is 18.2 Å². The number of hydrogen-bond donors (Lipinski definition) is 2. The maximum Gasteiger partial charge on any atom is 0.242 e.